The van der Waals surface area contributed by atoms with Gasteiger partial charge in [0.2, 0.25) is 0 Å². The number of carboxylic acid groups (broad SMARTS) is 1. The third-order valence-corrected chi connectivity index (χ3v) is 2.67. The van der Waals surface area contributed by atoms with Gasteiger partial charge in [-0.2, -0.15) is 0 Å². The van der Waals surface area contributed by atoms with Gasteiger partial charge in [-0.05, 0) is 37.6 Å². The zero-order valence-corrected chi connectivity index (χ0v) is 9.66. The van der Waals surface area contributed by atoms with Crippen molar-refractivity contribution in [1.29, 1.82) is 0 Å². The number of carbonyl (C=O) groups excluding carboxylic acids is 1. The van der Waals surface area contributed by atoms with Gasteiger partial charge >= 0.3 is 5.97 Å². The lowest BCUT2D eigenvalue weighted by Gasteiger charge is -2.24. The fourth-order valence-electron chi connectivity index (χ4n) is 1.22. The smallest absolute Gasteiger partial charge is 0.329 e. The van der Waals surface area contributed by atoms with E-state index in [9.17, 15) is 14.0 Å². The number of aliphatic carboxylic acids is 1. The van der Waals surface area contributed by atoms with Gasteiger partial charge in [0.25, 0.3) is 5.91 Å². The van der Waals surface area contributed by atoms with Crippen LogP contribution in [-0.4, -0.2) is 22.5 Å². The standard InChI is InChI=1S/C12H14FNO3/c1-3-12(2,11(16)17)14-10(15)8-4-6-9(13)7-5-8/h4-7H,3H2,1-2H3,(H,14,15)(H,16,17). The van der Waals surface area contributed by atoms with Crippen LogP contribution < -0.4 is 5.32 Å². The Hall–Kier alpha value is -1.91. The van der Waals surface area contributed by atoms with Crippen molar-refractivity contribution in [3.8, 4) is 0 Å². The maximum Gasteiger partial charge on any atom is 0.329 e. The molecule has 0 saturated carbocycles. The first-order valence-corrected chi connectivity index (χ1v) is 5.20. The summed E-state index contributed by atoms with van der Waals surface area (Å²) in [6.45, 7) is 3.09. The minimum atomic E-state index is -1.31. The highest BCUT2D eigenvalue weighted by molar-refractivity contribution is 5.97. The van der Waals surface area contributed by atoms with Crippen molar-refractivity contribution < 1.29 is 19.1 Å². The second-order valence-electron chi connectivity index (χ2n) is 3.95. The quantitative estimate of drug-likeness (QED) is 0.842. The van der Waals surface area contributed by atoms with Gasteiger partial charge in [0, 0.05) is 5.56 Å². The highest BCUT2D eigenvalue weighted by Crippen LogP contribution is 2.11. The highest BCUT2D eigenvalue weighted by atomic mass is 19.1. The first-order chi connectivity index (χ1) is 7.89. The monoisotopic (exact) mass is 239 g/mol. The van der Waals surface area contributed by atoms with Crippen molar-refractivity contribution in [3.05, 3.63) is 35.6 Å². The van der Waals surface area contributed by atoms with Gasteiger partial charge in [-0.15, -0.1) is 0 Å². The molecule has 0 saturated heterocycles. The van der Waals surface area contributed by atoms with E-state index in [1.165, 1.54) is 19.1 Å². The number of halogens is 1. The zero-order valence-electron chi connectivity index (χ0n) is 9.66. The van der Waals surface area contributed by atoms with Crippen LogP contribution in [0, 0.1) is 5.82 Å². The van der Waals surface area contributed by atoms with Crippen LogP contribution in [0.1, 0.15) is 30.6 Å². The third kappa shape index (κ3) is 3.03. The van der Waals surface area contributed by atoms with Crippen LogP contribution in [0.25, 0.3) is 0 Å². The second-order valence-corrected chi connectivity index (χ2v) is 3.95. The number of hydrogen-bond donors (Lipinski definition) is 2. The molecule has 0 aliphatic rings. The molecule has 0 bridgehead atoms. The van der Waals surface area contributed by atoms with Crippen LogP contribution in [0.3, 0.4) is 0 Å². The van der Waals surface area contributed by atoms with Crippen LogP contribution >= 0.6 is 0 Å². The van der Waals surface area contributed by atoms with E-state index in [0.717, 1.165) is 12.1 Å². The fraction of sp³-hybridized carbons (Fsp3) is 0.333. The average Bonchev–Trinajstić information content (AvgIpc) is 2.29. The zero-order chi connectivity index (χ0) is 13.1. The number of amides is 1. The lowest BCUT2D eigenvalue weighted by atomic mass is 9.98. The molecule has 1 aromatic rings. The number of nitrogens with one attached hydrogen (secondary N) is 1. The number of carboxylic acids is 1. The molecule has 0 heterocycles. The topological polar surface area (TPSA) is 66.4 Å². The second kappa shape index (κ2) is 4.95. The van der Waals surface area contributed by atoms with E-state index in [1.54, 1.807) is 6.92 Å². The van der Waals surface area contributed by atoms with E-state index in [2.05, 4.69) is 5.32 Å². The van der Waals surface area contributed by atoms with E-state index in [0.29, 0.717) is 0 Å². The maximum atomic E-state index is 12.7. The molecule has 1 unspecified atom stereocenters. The molecule has 1 aromatic carbocycles. The Bertz CT molecular complexity index is 430. The summed E-state index contributed by atoms with van der Waals surface area (Å²) < 4.78 is 12.7. The Morgan fingerprint density at radius 2 is 1.88 bits per heavy atom. The van der Waals surface area contributed by atoms with Crippen molar-refractivity contribution in [1.82, 2.24) is 5.32 Å². The van der Waals surface area contributed by atoms with Gasteiger partial charge in [0.1, 0.15) is 11.4 Å². The Kier molecular flexibility index (Phi) is 3.83. The highest BCUT2D eigenvalue weighted by Gasteiger charge is 2.32. The summed E-state index contributed by atoms with van der Waals surface area (Å²) in [5, 5.41) is 11.4. The van der Waals surface area contributed by atoms with Gasteiger partial charge in [-0.3, -0.25) is 4.79 Å². The van der Waals surface area contributed by atoms with Crippen LogP contribution in [-0.2, 0) is 4.79 Å². The van der Waals surface area contributed by atoms with E-state index < -0.39 is 23.2 Å². The average molecular weight is 239 g/mol. The molecule has 92 valence electrons. The fourth-order valence-corrected chi connectivity index (χ4v) is 1.22. The molecule has 17 heavy (non-hydrogen) atoms. The van der Waals surface area contributed by atoms with Crippen molar-refractivity contribution in [3.63, 3.8) is 0 Å². The number of rotatable bonds is 4. The predicted octanol–water partition coefficient (Wildman–Crippen LogP) is 1.81. The van der Waals surface area contributed by atoms with E-state index in [4.69, 9.17) is 5.11 Å². The van der Waals surface area contributed by atoms with Crippen LogP contribution in [0.15, 0.2) is 24.3 Å². The van der Waals surface area contributed by atoms with Crippen LogP contribution in [0.5, 0.6) is 0 Å². The number of carbonyl (C=O) groups is 2. The Labute approximate surface area is 98.5 Å². The molecule has 1 amide bonds. The van der Waals surface area contributed by atoms with Gasteiger partial charge in [0.15, 0.2) is 0 Å². The van der Waals surface area contributed by atoms with E-state index in [1.807, 2.05) is 0 Å². The molecule has 0 spiro atoms. The molecule has 0 aliphatic carbocycles. The molecule has 1 atom stereocenters. The molecule has 0 aromatic heterocycles. The third-order valence-electron chi connectivity index (χ3n) is 2.67. The molecule has 1 rings (SSSR count). The number of hydrogen-bond acceptors (Lipinski definition) is 2. The molecule has 0 radical (unpaired) electrons. The van der Waals surface area contributed by atoms with Gasteiger partial charge in [-0.1, -0.05) is 6.92 Å². The van der Waals surface area contributed by atoms with Crippen molar-refractivity contribution in [2.45, 2.75) is 25.8 Å². The first-order valence-electron chi connectivity index (χ1n) is 5.20. The van der Waals surface area contributed by atoms with Crippen molar-refractivity contribution in [2.75, 3.05) is 0 Å². The lowest BCUT2D eigenvalue weighted by Crippen LogP contribution is -2.51. The number of benzene rings is 1. The molecular weight excluding hydrogens is 225 g/mol. The van der Waals surface area contributed by atoms with Gasteiger partial charge in [0.05, 0.1) is 0 Å². The summed E-state index contributed by atoms with van der Waals surface area (Å²) in [5.74, 6) is -2.08. The van der Waals surface area contributed by atoms with E-state index in [-0.39, 0.29) is 12.0 Å². The molecule has 0 fully saturated rings. The van der Waals surface area contributed by atoms with Crippen molar-refractivity contribution in [2.24, 2.45) is 0 Å². The Morgan fingerprint density at radius 3 is 2.29 bits per heavy atom. The molecule has 4 nitrogen and oxygen atoms in total. The predicted molar refractivity (Wildman–Crippen MR) is 60.2 cm³/mol. The van der Waals surface area contributed by atoms with Crippen molar-refractivity contribution >= 4 is 11.9 Å². The molecule has 5 heteroatoms. The SMILES string of the molecule is CCC(C)(NC(=O)c1ccc(F)cc1)C(=O)O. The summed E-state index contributed by atoms with van der Waals surface area (Å²) in [5.41, 5.74) is -1.09. The lowest BCUT2D eigenvalue weighted by molar-refractivity contribution is -0.143. The normalized spacial score (nSPS) is 13.8. The van der Waals surface area contributed by atoms with Gasteiger partial charge < -0.3 is 10.4 Å². The summed E-state index contributed by atoms with van der Waals surface area (Å²) in [4.78, 5) is 22.7. The molecule has 2 N–H and O–H groups in total. The maximum absolute atomic E-state index is 12.7. The molecule has 0 aliphatic heterocycles. The minimum absolute atomic E-state index is 0.229. The van der Waals surface area contributed by atoms with Crippen LogP contribution in [0.2, 0.25) is 0 Å². The van der Waals surface area contributed by atoms with Crippen LogP contribution in [0.4, 0.5) is 4.39 Å². The Morgan fingerprint density at radius 1 is 1.35 bits per heavy atom. The van der Waals surface area contributed by atoms with Gasteiger partial charge in [-0.25, -0.2) is 9.18 Å². The summed E-state index contributed by atoms with van der Waals surface area (Å²) in [6, 6.07) is 4.92. The summed E-state index contributed by atoms with van der Waals surface area (Å²) in [6.07, 6.45) is 0.259. The minimum Gasteiger partial charge on any atom is -0.480 e. The summed E-state index contributed by atoms with van der Waals surface area (Å²) in [7, 11) is 0. The Balaban J connectivity index is 2.85. The largest absolute Gasteiger partial charge is 0.480 e. The summed E-state index contributed by atoms with van der Waals surface area (Å²) >= 11 is 0. The van der Waals surface area contributed by atoms with E-state index >= 15 is 0 Å². The molecular formula is C12H14FNO3. The first kappa shape index (κ1) is 13.2.